The number of methoxy groups -OCH3 is 1. The number of aryl methyl sites for hydroxylation is 2. The van der Waals surface area contributed by atoms with E-state index in [0.717, 1.165) is 28.9 Å². The number of hydrogen-bond donors (Lipinski definition) is 0. The maximum Gasteiger partial charge on any atom is 0.297 e. The van der Waals surface area contributed by atoms with Crippen molar-refractivity contribution >= 4 is 10.1 Å². The van der Waals surface area contributed by atoms with Gasteiger partial charge in [0.2, 0.25) is 0 Å². The molecule has 0 amide bonds. The van der Waals surface area contributed by atoms with Crippen molar-refractivity contribution in [3.63, 3.8) is 0 Å². The molecule has 4 rings (SSSR count). The van der Waals surface area contributed by atoms with Crippen molar-refractivity contribution in [2.75, 3.05) is 7.11 Å². The fourth-order valence-corrected chi connectivity index (χ4v) is 5.09. The molecule has 0 saturated carbocycles. The zero-order valence-corrected chi connectivity index (χ0v) is 17.4. The van der Waals surface area contributed by atoms with Crippen molar-refractivity contribution in [1.82, 2.24) is 0 Å². The third-order valence-corrected chi connectivity index (χ3v) is 6.82. The van der Waals surface area contributed by atoms with Gasteiger partial charge in [0.25, 0.3) is 10.1 Å². The summed E-state index contributed by atoms with van der Waals surface area (Å²) in [6.45, 7) is 1.93. The highest BCUT2D eigenvalue weighted by molar-refractivity contribution is 7.86. The van der Waals surface area contributed by atoms with E-state index in [2.05, 4.69) is 0 Å². The average Bonchev–Trinajstić information content (AvgIpc) is 2.74. The van der Waals surface area contributed by atoms with Gasteiger partial charge in [0.05, 0.1) is 18.1 Å². The van der Waals surface area contributed by atoms with Gasteiger partial charge in [0.15, 0.2) is 0 Å². The summed E-state index contributed by atoms with van der Waals surface area (Å²) in [7, 11) is -2.21. The van der Waals surface area contributed by atoms with Crippen LogP contribution in [0.25, 0.3) is 0 Å². The Kier molecular flexibility index (Phi) is 5.43. The second-order valence-electron chi connectivity index (χ2n) is 7.39. The predicted molar refractivity (Wildman–Crippen MR) is 113 cm³/mol. The van der Waals surface area contributed by atoms with Crippen molar-refractivity contribution in [1.29, 1.82) is 0 Å². The fourth-order valence-electron chi connectivity index (χ4n) is 3.98. The Hall–Kier alpha value is -2.63. The summed E-state index contributed by atoms with van der Waals surface area (Å²) < 4.78 is 37.1. The Labute approximate surface area is 172 Å². The molecule has 0 fully saturated rings. The lowest BCUT2D eigenvalue weighted by atomic mass is 9.77. The van der Waals surface area contributed by atoms with E-state index in [1.165, 1.54) is 5.56 Å². The predicted octanol–water partition coefficient (Wildman–Crippen LogP) is 4.86. The molecule has 0 aliphatic heterocycles. The molecule has 0 spiro atoms. The standard InChI is InChI=1S/C24H24O4S/c1-17-8-12-21(13-9-17)29(25,26)28-23-15-10-19-16-20(27-2)11-14-22(19)24(23)18-6-4-3-5-7-18/h3-9,11-14,16,23-24H,10,15H2,1-2H3/t23-,24-/m1/s1. The molecule has 1 aliphatic rings. The third kappa shape index (κ3) is 4.07. The minimum absolute atomic E-state index is 0.161. The first kappa shape index (κ1) is 19.7. The van der Waals surface area contributed by atoms with Crippen LogP contribution in [0, 0.1) is 6.92 Å². The van der Waals surface area contributed by atoms with E-state index in [1.807, 2.05) is 55.5 Å². The molecule has 29 heavy (non-hydrogen) atoms. The van der Waals surface area contributed by atoms with Gasteiger partial charge in [-0.2, -0.15) is 8.42 Å². The SMILES string of the molecule is COc1ccc2c(c1)CC[C@@H](OS(=O)(=O)c1ccc(C)cc1)[C@@H]2c1ccccc1. The summed E-state index contributed by atoms with van der Waals surface area (Å²) in [6.07, 6.45) is 0.888. The van der Waals surface area contributed by atoms with E-state index in [0.29, 0.717) is 6.42 Å². The summed E-state index contributed by atoms with van der Waals surface area (Å²) in [6, 6.07) is 22.7. The molecular weight excluding hydrogens is 384 g/mol. The first-order chi connectivity index (χ1) is 14.0. The van der Waals surface area contributed by atoms with Crippen LogP contribution in [0.5, 0.6) is 5.75 Å². The second kappa shape index (κ2) is 8.01. The van der Waals surface area contributed by atoms with E-state index in [4.69, 9.17) is 8.92 Å². The van der Waals surface area contributed by atoms with E-state index in [-0.39, 0.29) is 10.8 Å². The van der Waals surface area contributed by atoms with Crippen molar-refractivity contribution in [3.05, 3.63) is 95.1 Å². The Morgan fingerprint density at radius 2 is 1.66 bits per heavy atom. The van der Waals surface area contributed by atoms with Crippen LogP contribution in [0.3, 0.4) is 0 Å². The molecule has 0 N–H and O–H groups in total. The van der Waals surface area contributed by atoms with Crippen LogP contribution in [0.1, 0.15) is 34.6 Å². The lowest BCUT2D eigenvalue weighted by Gasteiger charge is -2.33. The largest absolute Gasteiger partial charge is 0.497 e. The molecule has 4 nitrogen and oxygen atoms in total. The molecule has 3 aromatic rings. The summed E-state index contributed by atoms with van der Waals surface area (Å²) >= 11 is 0. The summed E-state index contributed by atoms with van der Waals surface area (Å²) in [5.41, 5.74) is 4.31. The molecule has 3 aromatic carbocycles. The van der Waals surface area contributed by atoms with E-state index < -0.39 is 16.2 Å². The number of ether oxygens (including phenoxy) is 1. The Bertz CT molecular complexity index is 1090. The topological polar surface area (TPSA) is 52.6 Å². The molecule has 150 valence electrons. The molecule has 0 bridgehead atoms. The van der Waals surface area contributed by atoms with Crippen molar-refractivity contribution in [3.8, 4) is 5.75 Å². The van der Waals surface area contributed by atoms with Gasteiger partial charge in [-0.25, -0.2) is 0 Å². The zero-order chi connectivity index (χ0) is 20.4. The number of rotatable bonds is 5. The summed E-state index contributed by atoms with van der Waals surface area (Å²) in [5, 5.41) is 0. The first-order valence-electron chi connectivity index (χ1n) is 9.69. The van der Waals surface area contributed by atoms with Crippen molar-refractivity contribution < 1.29 is 17.3 Å². The highest BCUT2D eigenvalue weighted by Crippen LogP contribution is 2.41. The lowest BCUT2D eigenvalue weighted by molar-refractivity contribution is 0.173. The lowest BCUT2D eigenvalue weighted by Crippen LogP contribution is -2.31. The minimum atomic E-state index is -3.86. The molecule has 0 unspecified atom stereocenters. The van der Waals surface area contributed by atoms with E-state index in [1.54, 1.807) is 31.4 Å². The molecule has 0 saturated heterocycles. The van der Waals surface area contributed by atoms with Crippen LogP contribution in [0.2, 0.25) is 0 Å². The quantitative estimate of drug-likeness (QED) is 0.566. The number of fused-ring (bicyclic) bond motifs is 1. The zero-order valence-electron chi connectivity index (χ0n) is 16.5. The molecule has 0 radical (unpaired) electrons. The fraction of sp³-hybridized carbons (Fsp3) is 0.250. The summed E-state index contributed by atoms with van der Waals surface area (Å²) in [5.74, 6) is 0.647. The number of hydrogen-bond acceptors (Lipinski definition) is 4. The van der Waals surface area contributed by atoms with Crippen LogP contribution in [-0.2, 0) is 20.7 Å². The highest BCUT2D eigenvalue weighted by atomic mass is 32.2. The van der Waals surface area contributed by atoms with E-state index >= 15 is 0 Å². The molecular formula is C24H24O4S. The van der Waals surface area contributed by atoms with Crippen LogP contribution in [0.15, 0.2) is 77.7 Å². The van der Waals surface area contributed by atoms with Gasteiger partial charge in [-0.3, -0.25) is 4.18 Å². The van der Waals surface area contributed by atoms with Crippen LogP contribution < -0.4 is 4.74 Å². The third-order valence-electron chi connectivity index (χ3n) is 5.47. The summed E-state index contributed by atoms with van der Waals surface area (Å²) in [4.78, 5) is 0.190. The Morgan fingerprint density at radius 3 is 2.34 bits per heavy atom. The number of benzene rings is 3. The van der Waals surface area contributed by atoms with E-state index in [9.17, 15) is 8.42 Å². The van der Waals surface area contributed by atoms with Gasteiger partial charge in [0.1, 0.15) is 5.75 Å². The highest BCUT2D eigenvalue weighted by Gasteiger charge is 2.35. The Balaban J connectivity index is 1.73. The maximum atomic E-state index is 13.0. The average molecular weight is 409 g/mol. The minimum Gasteiger partial charge on any atom is -0.497 e. The Morgan fingerprint density at radius 1 is 0.931 bits per heavy atom. The molecule has 0 heterocycles. The van der Waals surface area contributed by atoms with Crippen LogP contribution in [0.4, 0.5) is 0 Å². The van der Waals surface area contributed by atoms with Crippen LogP contribution >= 0.6 is 0 Å². The van der Waals surface area contributed by atoms with Gasteiger partial charge in [-0.05, 0) is 60.7 Å². The smallest absolute Gasteiger partial charge is 0.297 e. The maximum absolute atomic E-state index is 13.0. The van der Waals surface area contributed by atoms with Gasteiger partial charge in [-0.1, -0.05) is 54.1 Å². The van der Waals surface area contributed by atoms with Crippen LogP contribution in [-0.4, -0.2) is 21.6 Å². The normalized spacial score (nSPS) is 18.8. The molecule has 5 heteroatoms. The second-order valence-corrected chi connectivity index (χ2v) is 8.97. The molecule has 2 atom stereocenters. The van der Waals surface area contributed by atoms with Gasteiger partial charge in [-0.15, -0.1) is 0 Å². The van der Waals surface area contributed by atoms with Gasteiger partial charge >= 0.3 is 0 Å². The van der Waals surface area contributed by atoms with Gasteiger partial charge < -0.3 is 4.74 Å². The van der Waals surface area contributed by atoms with Crippen molar-refractivity contribution in [2.24, 2.45) is 0 Å². The molecule has 1 aliphatic carbocycles. The monoisotopic (exact) mass is 408 g/mol. The van der Waals surface area contributed by atoms with Gasteiger partial charge in [0, 0.05) is 5.92 Å². The van der Waals surface area contributed by atoms with Crippen molar-refractivity contribution in [2.45, 2.75) is 36.7 Å². The molecule has 0 aromatic heterocycles. The first-order valence-corrected chi connectivity index (χ1v) is 11.1.